The SMILES string of the molecule is NCCCn1c(=O)ccn(Cc2c(F)cccc2Cl)c1=O. The Morgan fingerprint density at radius 1 is 1.24 bits per heavy atom. The van der Waals surface area contributed by atoms with Crippen molar-refractivity contribution in [1.29, 1.82) is 0 Å². The number of rotatable bonds is 5. The molecule has 0 fully saturated rings. The van der Waals surface area contributed by atoms with Crippen LogP contribution in [0.15, 0.2) is 40.1 Å². The zero-order valence-corrected chi connectivity index (χ0v) is 12.0. The molecule has 7 heteroatoms. The van der Waals surface area contributed by atoms with Gasteiger partial charge in [-0.1, -0.05) is 17.7 Å². The van der Waals surface area contributed by atoms with Gasteiger partial charge in [0.1, 0.15) is 5.82 Å². The highest BCUT2D eigenvalue weighted by molar-refractivity contribution is 6.31. The Labute approximate surface area is 125 Å². The Bertz CT molecular complexity index is 734. The van der Waals surface area contributed by atoms with E-state index in [1.165, 1.54) is 29.0 Å². The molecule has 0 aliphatic heterocycles. The van der Waals surface area contributed by atoms with Gasteiger partial charge in [0.15, 0.2) is 0 Å². The van der Waals surface area contributed by atoms with Crippen LogP contribution in [0.3, 0.4) is 0 Å². The Morgan fingerprint density at radius 2 is 2.00 bits per heavy atom. The number of nitrogens with zero attached hydrogens (tertiary/aromatic N) is 2. The molecule has 0 radical (unpaired) electrons. The molecule has 0 aliphatic rings. The number of nitrogens with two attached hydrogens (primary N) is 1. The lowest BCUT2D eigenvalue weighted by Gasteiger charge is -2.11. The predicted octanol–water partition coefficient (Wildman–Crippen LogP) is 1.20. The normalized spacial score (nSPS) is 10.8. The first-order valence-corrected chi connectivity index (χ1v) is 6.85. The second-order valence-corrected chi connectivity index (χ2v) is 4.97. The van der Waals surface area contributed by atoms with Gasteiger partial charge in [0.2, 0.25) is 0 Å². The summed E-state index contributed by atoms with van der Waals surface area (Å²) in [6.07, 6.45) is 1.85. The highest BCUT2D eigenvalue weighted by atomic mass is 35.5. The van der Waals surface area contributed by atoms with Gasteiger partial charge in [-0.2, -0.15) is 0 Å². The highest BCUT2D eigenvalue weighted by Gasteiger charge is 2.10. The number of hydrogen-bond acceptors (Lipinski definition) is 3. The molecule has 0 spiro atoms. The van der Waals surface area contributed by atoms with Gasteiger partial charge in [-0.25, -0.2) is 9.18 Å². The van der Waals surface area contributed by atoms with E-state index in [-0.39, 0.29) is 23.7 Å². The molecule has 2 N–H and O–H groups in total. The molecule has 2 rings (SSSR count). The Balaban J connectivity index is 2.42. The van der Waals surface area contributed by atoms with Crippen LogP contribution in [0, 0.1) is 5.82 Å². The minimum Gasteiger partial charge on any atom is -0.330 e. The zero-order chi connectivity index (χ0) is 15.4. The van der Waals surface area contributed by atoms with Crippen molar-refractivity contribution >= 4 is 11.6 Å². The summed E-state index contributed by atoms with van der Waals surface area (Å²) < 4.78 is 16.1. The van der Waals surface area contributed by atoms with E-state index >= 15 is 0 Å². The molecule has 1 heterocycles. The molecular formula is C14H15ClFN3O2. The average molecular weight is 312 g/mol. The van der Waals surface area contributed by atoms with E-state index in [1.54, 1.807) is 6.07 Å². The molecule has 2 aromatic rings. The summed E-state index contributed by atoms with van der Waals surface area (Å²) >= 11 is 5.95. The lowest BCUT2D eigenvalue weighted by atomic mass is 10.2. The van der Waals surface area contributed by atoms with Gasteiger partial charge in [0, 0.05) is 29.4 Å². The minimum atomic E-state index is -0.504. The van der Waals surface area contributed by atoms with E-state index in [2.05, 4.69) is 0 Å². The van der Waals surface area contributed by atoms with Crippen LogP contribution in [0.4, 0.5) is 4.39 Å². The van der Waals surface area contributed by atoms with E-state index in [0.717, 1.165) is 4.57 Å². The molecule has 0 unspecified atom stereocenters. The van der Waals surface area contributed by atoms with Gasteiger partial charge in [0.05, 0.1) is 6.54 Å². The summed E-state index contributed by atoms with van der Waals surface area (Å²) in [5.74, 6) is -0.492. The summed E-state index contributed by atoms with van der Waals surface area (Å²) in [5.41, 5.74) is 4.70. The molecule has 0 saturated heterocycles. The van der Waals surface area contributed by atoms with E-state index in [1.807, 2.05) is 0 Å². The number of benzene rings is 1. The van der Waals surface area contributed by atoms with Crippen molar-refractivity contribution in [3.05, 3.63) is 67.7 Å². The van der Waals surface area contributed by atoms with Crippen molar-refractivity contribution in [1.82, 2.24) is 9.13 Å². The Kier molecular flexibility index (Phi) is 4.93. The molecule has 21 heavy (non-hydrogen) atoms. The summed E-state index contributed by atoms with van der Waals surface area (Å²) in [7, 11) is 0. The molecule has 112 valence electrons. The first-order valence-electron chi connectivity index (χ1n) is 6.48. The molecule has 1 aromatic carbocycles. The highest BCUT2D eigenvalue weighted by Crippen LogP contribution is 2.19. The maximum atomic E-state index is 13.8. The standard InChI is InChI=1S/C14H15ClFN3O2/c15-11-3-1-4-12(16)10(11)9-18-8-5-13(20)19(14(18)21)7-2-6-17/h1,3-5,8H,2,6-7,9,17H2. The smallest absolute Gasteiger partial charge is 0.330 e. The molecular weight excluding hydrogens is 297 g/mol. The molecule has 0 bridgehead atoms. The molecule has 0 atom stereocenters. The van der Waals surface area contributed by atoms with Crippen molar-refractivity contribution in [2.24, 2.45) is 5.73 Å². The van der Waals surface area contributed by atoms with E-state index < -0.39 is 17.1 Å². The van der Waals surface area contributed by atoms with E-state index in [4.69, 9.17) is 17.3 Å². The summed E-state index contributed by atoms with van der Waals surface area (Å²) in [5, 5.41) is 0.238. The number of halogens is 2. The summed E-state index contributed by atoms with van der Waals surface area (Å²) in [4.78, 5) is 23.9. The van der Waals surface area contributed by atoms with Crippen LogP contribution in [-0.2, 0) is 13.1 Å². The van der Waals surface area contributed by atoms with Gasteiger partial charge in [-0.3, -0.25) is 13.9 Å². The average Bonchev–Trinajstić information content (AvgIpc) is 2.45. The van der Waals surface area contributed by atoms with Gasteiger partial charge in [-0.05, 0) is 25.1 Å². The fraction of sp³-hybridized carbons (Fsp3) is 0.286. The lowest BCUT2D eigenvalue weighted by molar-refractivity contribution is 0.543. The van der Waals surface area contributed by atoms with E-state index in [0.29, 0.717) is 13.0 Å². The first-order chi connectivity index (χ1) is 10.0. The van der Waals surface area contributed by atoms with Crippen LogP contribution in [-0.4, -0.2) is 15.7 Å². The number of aromatic nitrogens is 2. The third kappa shape index (κ3) is 3.40. The van der Waals surface area contributed by atoms with Gasteiger partial charge in [0.25, 0.3) is 5.56 Å². The zero-order valence-electron chi connectivity index (χ0n) is 11.3. The lowest BCUT2D eigenvalue weighted by Crippen LogP contribution is -2.39. The van der Waals surface area contributed by atoms with Crippen LogP contribution in [0.25, 0.3) is 0 Å². The topological polar surface area (TPSA) is 70.0 Å². The summed E-state index contributed by atoms with van der Waals surface area (Å²) in [6.45, 7) is 0.577. The van der Waals surface area contributed by atoms with Crippen molar-refractivity contribution in [3.8, 4) is 0 Å². The van der Waals surface area contributed by atoms with Gasteiger partial charge >= 0.3 is 5.69 Å². The summed E-state index contributed by atoms with van der Waals surface area (Å²) in [6, 6.07) is 5.59. The first kappa shape index (κ1) is 15.5. The van der Waals surface area contributed by atoms with Crippen molar-refractivity contribution in [2.45, 2.75) is 19.5 Å². The van der Waals surface area contributed by atoms with Crippen LogP contribution in [0.2, 0.25) is 5.02 Å². The third-order valence-corrected chi connectivity index (χ3v) is 3.47. The molecule has 5 nitrogen and oxygen atoms in total. The van der Waals surface area contributed by atoms with Crippen LogP contribution in [0.5, 0.6) is 0 Å². The third-order valence-electron chi connectivity index (χ3n) is 3.12. The Hall–Kier alpha value is -1.92. The molecule has 0 amide bonds. The van der Waals surface area contributed by atoms with Crippen molar-refractivity contribution in [3.63, 3.8) is 0 Å². The fourth-order valence-corrected chi connectivity index (χ4v) is 2.21. The Morgan fingerprint density at radius 3 is 2.67 bits per heavy atom. The predicted molar refractivity (Wildman–Crippen MR) is 79.1 cm³/mol. The molecule has 0 aliphatic carbocycles. The van der Waals surface area contributed by atoms with Crippen molar-refractivity contribution in [2.75, 3.05) is 6.54 Å². The second kappa shape index (κ2) is 6.69. The maximum Gasteiger partial charge on any atom is 0.331 e. The van der Waals surface area contributed by atoms with Crippen LogP contribution >= 0.6 is 11.6 Å². The minimum absolute atomic E-state index is 0.0345. The second-order valence-electron chi connectivity index (χ2n) is 4.56. The van der Waals surface area contributed by atoms with Gasteiger partial charge < -0.3 is 5.73 Å². The largest absolute Gasteiger partial charge is 0.331 e. The molecule has 0 saturated carbocycles. The van der Waals surface area contributed by atoms with Gasteiger partial charge in [-0.15, -0.1) is 0 Å². The fourth-order valence-electron chi connectivity index (χ4n) is 1.99. The van der Waals surface area contributed by atoms with Crippen LogP contribution < -0.4 is 17.0 Å². The van der Waals surface area contributed by atoms with E-state index in [9.17, 15) is 14.0 Å². The quantitative estimate of drug-likeness (QED) is 0.902. The van der Waals surface area contributed by atoms with Crippen molar-refractivity contribution < 1.29 is 4.39 Å². The number of hydrogen-bond donors (Lipinski definition) is 1. The maximum absolute atomic E-state index is 13.8. The molecule has 1 aromatic heterocycles. The monoisotopic (exact) mass is 311 g/mol. The van der Waals surface area contributed by atoms with Crippen LogP contribution in [0.1, 0.15) is 12.0 Å².